The Balaban J connectivity index is 1.79. The number of anilines is 1. The standard InChI is InChI=1S/C25H22N2O5S/c1-3-32-19-12-10-17(15-20(19)31-2)22-21(18(28)11-9-16-7-5-4-6-8-16)23(29)24(30)27(22)25-26-13-14-33-25/h4-15,22,29H,3H2,1-2H3. The summed E-state index contributed by atoms with van der Waals surface area (Å²) in [5.74, 6) is -0.746. The van der Waals surface area contributed by atoms with Crippen molar-refractivity contribution in [3.8, 4) is 11.5 Å². The van der Waals surface area contributed by atoms with Crippen LogP contribution in [0.1, 0.15) is 24.1 Å². The molecule has 1 atom stereocenters. The number of hydrogen-bond acceptors (Lipinski definition) is 7. The van der Waals surface area contributed by atoms with Crippen molar-refractivity contribution in [1.29, 1.82) is 0 Å². The van der Waals surface area contributed by atoms with E-state index in [1.54, 1.807) is 35.9 Å². The Bertz CT molecular complexity index is 1220. The third kappa shape index (κ3) is 4.38. The minimum Gasteiger partial charge on any atom is -0.503 e. The molecule has 0 radical (unpaired) electrons. The summed E-state index contributed by atoms with van der Waals surface area (Å²) in [4.78, 5) is 31.9. The quantitative estimate of drug-likeness (QED) is 0.487. The summed E-state index contributed by atoms with van der Waals surface area (Å²) in [5, 5.41) is 12.8. The Hall–Kier alpha value is -3.91. The predicted molar refractivity (Wildman–Crippen MR) is 127 cm³/mol. The molecule has 4 rings (SSSR count). The Morgan fingerprint density at radius 2 is 2.00 bits per heavy atom. The second-order valence-corrected chi connectivity index (χ2v) is 7.98. The van der Waals surface area contributed by atoms with Gasteiger partial charge in [0.2, 0.25) is 0 Å². The molecule has 0 aliphatic carbocycles. The van der Waals surface area contributed by atoms with Crippen LogP contribution in [0.4, 0.5) is 5.13 Å². The number of thiazole rings is 1. The SMILES string of the molecule is CCOc1ccc(C2C(C(=O)C=Cc3ccccc3)=C(O)C(=O)N2c2nccs2)cc1OC. The highest BCUT2D eigenvalue weighted by atomic mass is 32.1. The highest BCUT2D eigenvalue weighted by Gasteiger charge is 2.45. The largest absolute Gasteiger partial charge is 0.503 e. The van der Waals surface area contributed by atoms with Gasteiger partial charge in [0.25, 0.3) is 5.91 Å². The molecule has 0 fully saturated rings. The number of aliphatic hydroxyl groups excluding tert-OH is 1. The summed E-state index contributed by atoms with van der Waals surface area (Å²) in [5.41, 5.74) is 1.39. The molecular formula is C25H22N2O5S. The van der Waals surface area contributed by atoms with E-state index in [9.17, 15) is 14.7 Å². The number of amides is 1. The summed E-state index contributed by atoms with van der Waals surface area (Å²) >= 11 is 1.24. The Morgan fingerprint density at radius 1 is 1.21 bits per heavy atom. The van der Waals surface area contributed by atoms with Gasteiger partial charge in [0.15, 0.2) is 28.2 Å². The third-order valence-electron chi connectivity index (χ3n) is 5.13. The van der Waals surface area contributed by atoms with Crippen LogP contribution in [0.3, 0.4) is 0 Å². The number of ether oxygens (including phenoxy) is 2. The van der Waals surface area contributed by atoms with E-state index in [0.29, 0.717) is 28.8 Å². The minimum absolute atomic E-state index is 0.0198. The first kappa shape index (κ1) is 22.3. The number of allylic oxidation sites excluding steroid dienone is 1. The first-order valence-electron chi connectivity index (χ1n) is 10.3. The molecule has 0 bridgehead atoms. The van der Waals surface area contributed by atoms with E-state index in [0.717, 1.165) is 5.56 Å². The predicted octanol–water partition coefficient (Wildman–Crippen LogP) is 4.73. The fourth-order valence-corrected chi connectivity index (χ4v) is 4.33. The summed E-state index contributed by atoms with van der Waals surface area (Å²) in [6, 6.07) is 13.6. The van der Waals surface area contributed by atoms with E-state index in [-0.39, 0.29) is 5.57 Å². The van der Waals surface area contributed by atoms with Crippen LogP contribution in [-0.2, 0) is 9.59 Å². The lowest BCUT2D eigenvalue weighted by molar-refractivity contribution is -0.117. The molecule has 1 aromatic heterocycles. The molecule has 1 aliphatic rings. The van der Waals surface area contributed by atoms with E-state index in [1.165, 1.54) is 29.4 Å². The highest BCUT2D eigenvalue weighted by molar-refractivity contribution is 7.13. The molecular weight excluding hydrogens is 440 g/mol. The molecule has 2 aromatic carbocycles. The van der Waals surface area contributed by atoms with Crippen molar-refractivity contribution in [3.05, 3.63) is 88.6 Å². The molecule has 0 saturated carbocycles. The van der Waals surface area contributed by atoms with Gasteiger partial charge in [-0.15, -0.1) is 11.3 Å². The zero-order chi connectivity index (χ0) is 23.4. The van der Waals surface area contributed by atoms with Gasteiger partial charge in [-0.1, -0.05) is 42.5 Å². The molecule has 8 heteroatoms. The first-order valence-corrected chi connectivity index (χ1v) is 11.2. The van der Waals surface area contributed by atoms with Gasteiger partial charge in [-0.25, -0.2) is 4.98 Å². The average molecular weight is 463 g/mol. The lowest BCUT2D eigenvalue weighted by Crippen LogP contribution is -2.30. The van der Waals surface area contributed by atoms with Crippen LogP contribution in [0.15, 0.2) is 77.5 Å². The van der Waals surface area contributed by atoms with Gasteiger partial charge in [-0.3, -0.25) is 14.5 Å². The van der Waals surface area contributed by atoms with Crippen LogP contribution < -0.4 is 14.4 Å². The number of carbonyl (C=O) groups is 2. The van der Waals surface area contributed by atoms with Crippen LogP contribution >= 0.6 is 11.3 Å². The van der Waals surface area contributed by atoms with Crippen molar-refractivity contribution >= 4 is 34.2 Å². The summed E-state index contributed by atoms with van der Waals surface area (Å²) in [6.45, 7) is 2.32. The maximum Gasteiger partial charge on any atom is 0.296 e. The maximum atomic E-state index is 13.2. The van der Waals surface area contributed by atoms with E-state index < -0.39 is 23.5 Å². The van der Waals surface area contributed by atoms with Crippen LogP contribution in [-0.4, -0.2) is 35.5 Å². The third-order valence-corrected chi connectivity index (χ3v) is 5.90. The van der Waals surface area contributed by atoms with Crippen molar-refractivity contribution in [2.75, 3.05) is 18.6 Å². The van der Waals surface area contributed by atoms with Gasteiger partial charge in [0.05, 0.1) is 25.3 Å². The molecule has 33 heavy (non-hydrogen) atoms. The molecule has 1 amide bonds. The maximum absolute atomic E-state index is 13.2. The number of carbonyl (C=O) groups excluding carboxylic acids is 2. The van der Waals surface area contributed by atoms with E-state index in [1.807, 2.05) is 37.3 Å². The zero-order valence-corrected chi connectivity index (χ0v) is 18.9. The Labute approximate surface area is 195 Å². The van der Waals surface area contributed by atoms with Gasteiger partial charge in [0.1, 0.15) is 0 Å². The van der Waals surface area contributed by atoms with Crippen LogP contribution in [0.2, 0.25) is 0 Å². The lowest BCUT2D eigenvalue weighted by atomic mass is 9.95. The second kappa shape index (κ2) is 9.70. The number of nitrogens with zero attached hydrogens (tertiary/aromatic N) is 2. The van der Waals surface area contributed by atoms with Crippen molar-refractivity contribution in [1.82, 2.24) is 4.98 Å². The first-order chi connectivity index (χ1) is 16.0. The molecule has 3 aromatic rings. The van der Waals surface area contributed by atoms with Crippen molar-refractivity contribution in [2.45, 2.75) is 13.0 Å². The molecule has 1 aliphatic heterocycles. The van der Waals surface area contributed by atoms with Gasteiger partial charge in [0, 0.05) is 11.6 Å². The molecule has 2 heterocycles. The zero-order valence-electron chi connectivity index (χ0n) is 18.1. The van der Waals surface area contributed by atoms with Gasteiger partial charge < -0.3 is 14.6 Å². The lowest BCUT2D eigenvalue weighted by Gasteiger charge is -2.25. The fraction of sp³-hybridized carbons (Fsp3) is 0.160. The van der Waals surface area contributed by atoms with Crippen LogP contribution in [0.5, 0.6) is 11.5 Å². The molecule has 7 nitrogen and oxygen atoms in total. The number of methoxy groups -OCH3 is 1. The molecule has 1 N–H and O–H groups in total. The van der Waals surface area contributed by atoms with Gasteiger partial charge >= 0.3 is 0 Å². The van der Waals surface area contributed by atoms with Crippen LogP contribution in [0, 0.1) is 0 Å². The summed E-state index contributed by atoms with van der Waals surface area (Å²) in [7, 11) is 1.52. The summed E-state index contributed by atoms with van der Waals surface area (Å²) in [6.07, 6.45) is 4.57. The normalized spacial score (nSPS) is 16.0. The Morgan fingerprint density at radius 3 is 2.67 bits per heavy atom. The topological polar surface area (TPSA) is 89.0 Å². The average Bonchev–Trinajstić information content (AvgIpc) is 3.45. The fourth-order valence-electron chi connectivity index (χ4n) is 3.66. The number of rotatable bonds is 8. The number of aromatic nitrogens is 1. The number of hydrogen-bond donors (Lipinski definition) is 1. The molecule has 1 unspecified atom stereocenters. The summed E-state index contributed by atoms with van der Waals surface area (Å²) < 4.78 is 11.1. The van der Waals surface area contributed by atoms with E-state index in [4.69, 9.17) is 9.47 Å². The van der Waals surface area contributed by atoms with Gasteiger partial charge in [-0.2, -0.15) is 0 Å². The number of aliphatic hydroxyl groups is 1. The molecule has 0 saturated heterocycles. The van der Waals surface area contributed by atoms with E-state index >= 15 is 0 Å². The highest BCUT2D eigenvalue weighted by Crippen LogP contribution is 2.43. The minimum atomic E-state index is -0.874. The number of benzene rings is 2. The van der Waals surface area contributed by atoms with Crippen molar-refractivity contribution in [2.24, 2.45) is 0 Å². The Kier molecular flexibility index (Phi) is 6.55. The van der Waals surface area contributed by atoms with Crippen molar-refractivity contribution < 1.29 is 24.2 Å². The van der Waals surface area contributed by atoms with E-state index in [2.05, 4.69) is 4.98 Å². The number of ketones is 1. The van der Waals surface area contributed by atoms with Gasteiger partial charge in [-0.05, 0) is 36.3 Å². The second-order valence-electron chi connectivity index (χ2n) is 7.11. The smallest absolute Gasteiger partial charge is 0.296 e. The van der Waals surface area contributed by atoms with Crippen molar-refractivity contribution in [3.63, 3.8) is 0 Å². The molecule has 168 valence electrons. The van der Waals surface area contributed by atoms with Crippen LogP contribution in [0.25, 0.3) is 6.08 Å². The monoisotopic (exact) mass is 462 g/mol. The molecule has 0 spiro atoms.